The molecular weight excluding hydrogens is 340 g/mol. The Balaban J connectivity index is 1.71. The minimum absolute atomic E-state index is 0.0780. The fourth-order valence-corrected chi connectivity index (χ4v) is 4.24. The molecule has 1 fully saturated rings. The van der Waals surface area contributed by atoms with E-state index >= 15 is 0 Å². The first-order chi connectivity index (χ1) is 11.8. The number of sulfonamides is 1. The summed E-state index contributed by atoms with van der Waals surface area (Å²) >= 11 is 0. The van der Waals surface area contributed by atoms with Crippen LogP contribution in [0.5, 0.6) is 0 Å². The van der Waals surface area contributed by atoms with Gasteiger partial charge in [-0.15, -0.1) is 0 Å². The van der Waals surface area contributed by atoms with E-state index in [1.54, 1.807) is 24.3 Å². The molecule has 0 spiro atoms. The molecule has 0 amide bonds. The molecule has 1 aromatic carbocycles. The van der Waals surface area contributed by atoms with Crippen molar-refractivity contribution in [2.45, 2.75) is 50.1 Å². The maximum Gasteiger partial charge on any atom is 0.244 e. The lowest BCUT2D eigenvalue weighted by Gasteiger charge is -2.14. The number of likely N-dealkylation sites (tertiary alicyclic amines) is 1. The highest BCUT2D eigenvalue weighted by Crippen LogP contribution is 2.31. The van der Waals surface area contributed by atoms with Gasteiger partial charge >= 0.3 is 0 Å². The number of benzene rings is 1. The Morgan fingerprint density at radius 3 is 2.56 bits per heavy atom. The monoisotopic (exact) mass is 364 g/mol. The van der Waals surface area contributed by atoms with Crippen LogP contribution in [0.2, 0.25) is 0 Å². The zero-order valence-corrected chi connectivity index (χ0v) is 15.7. The first kappa shape index (κ1) is 18.0. The van der Waals surface area contributed by atoms with Crippen LogP contribution < -0.4 is 4.72 Å². The summed E-state index contributed by atoms with van der Waals surface area (Å²) in [5.74, 6) is 1.41. The van der Waals surface area contributed by atoms with Crippen LogP contribution in [0, 0.1) is 6.92 Å². The highest BCUT2D eigenvalue weighted by atomic mass is 32.2. The average Bonchev–Trinajstić information content (AvgIpc) is 3.14. The summed E-state index contributed by atoms with van der Waals surface area (Å²) in [5, 5.41) is 4.00. The molecule has 2 heterocycles. The summed E-state index contributed by atoms with van der Waals surface area (Å²) < 4.78 is 33.3. The SMILES string of the molecule is Cc1ccc(S(=O)(=O)N[C@H]2C[C@@H](c3nc(C(C)C)no3)N(C)C2)cc1. The van der Waals surface area contributed by atoms with Gasteiger partial charge in [-0.2, -0.15) is 4.98 Å². The smallest absolute Gasteiger partial charge is 0.244 e. The number of rotatable bonds is 5. The van der Waals surface area contributed by atoms with E-state index in [1.165, 1.54) is 0 Å². The van der Waals surface area contributed by atoms with Crippen LogP contribution in [0.15, 0.2) is 33.7 Å². The van der Waals surface area contributed by atoms with Gasteiger partial charge in [-0.25, -0.2) is 13.1 Å². The molecule has 0 radical (unpaired) electrons. The van der Waals surface area contributed by atoms with Crippen molar-refractivity contribution in [1.29, 1.82) is 0 Å². The maximum absolute atomic E-state index is 12.6. The molecule has 7 nitrogen and oxygen atoms in total. The number of aryl methyl sites for hydroxylation is 1. The third-order valence-electron chi connectivity index (χ3n) is 4.46. The molecule has 1 saturated heterocycles. The molecule has 8 heteroatoms. The Bertz CT molecular complexity index is 830. The van der Waals surface area contributed by atoms with Gasteiger partial charge in [-0.1, -0.05) is 36.7 Å². The molecule has 2 atom stereocenters. The molecule has 0 unspecified atom stereocenters. The van der Waals surface area contributed by atoms with E-state index in [0.717, 1.165) is 5.56 Å². The Morgan fingerprint density at radius 1 is 1.28 bits per heavy atom. The fourth-order valence-electron chi connectivity index (χ4n) is 3.00. The number of nitrogens with zero attached hydrogens (tertiary/aromatic N) is 3. The molecule has 3 rings (SSSR count). The Labute approximate surface area is 148 Å². The molecule has 1 N–H and O–H groups in total. The predicted octanol–water partition coefficient (Wildman–Crippen LogP) is 2.23. The first-order valence-electron chi connectivity index (χ1n) is 8.39. The van der Waals surface area contributed by atoms with Crippen molar-refractivity contribution in [2.75, 3.05) is 13.6 Å². The second kappa shape index (κ2) is 6.86. The largest absolute Gasteiger partial charge is 0.338 e. The molecule has 0 saturated carbocycles. The van der Waals surface area contributed by atoms with Gasteiger partial charge in [0.1, 0.15) is 0 Å². The number of nitrogens with one attached hydrogen (secondary N) is 1. The first-order valence-corrected chi connectivity index (χ1v) is 9.87. The molecule has 1 aliphatic heterocycles. The van der Waals surface area contributed by atoms with E-state index < -0.39 is 10.0 Å². The Morgan fingerprint density at radius 2 is 1.96 bits per heavy atom. The van der Waals surface area contributed by atoms with E-state index in [-0.39, 0.29) is 22.9 Å². The molecular formula is C17H24N4O3S. The lowest BCUT2D eigenvalue weighted by atomic mass is 10.2. The average molecular weight is 364 g/mol. The topological polar surface area (TPSA) is 88.3 Å². The normalized spacial score (nSPS) is 22.0. The van der Waals surface area contributed by atoms with Crippen LogP contribution in [0.1, 0.15) is 49.5 Å². The summed E-state index contributed by atoms with van der Waals surface area (Å²) in [6.07, 6.45) is 0.599. The van der Waals surface area contributed by atoms with E-state index in [2.05, 4.69) is 14.9 Å². The van der Waals surface area contributed by atoms with Crippen LogP contribution in [0.3, 0.4) is 0 Å². The highest BCUT2D eigenvalue weighted by Gasteiger charge is 2.36. The summed E-state index contributed by atoms with van der Waals surface area (Å²) in [6, 6.07) is 6.57. The lowest BCUT2D eigenvalue weighted by molar-refractivity contribution is 0.244. The molecule has 25 heavy (non-hydrogen) atoms. The zero-order chi connectivity index (χ0) is 18.2. The second-order valence-electron chi connectivity index (χ2n) is 6.97. The van der Waals surface area contributed by atoms with E-state index in [9.17, 15) is 8.42 Å². The third kappa shape index (κ3) is 3.91. The standard InChI is InChI=1S/C17H24N4O3S/c1-11(2)16-18-17(24-19-16)15-9-13(10-21(15)4)20-25(22,23)14-7-5-12(3)6-8-14/h5-8,11,13,15,20H,9-10H2,1-4H3/t13-,15-/m0/s1. The summed E-state index contributed by atoms with van der Waals surface area (Å²) in [5.41, 5.74) is 1.02. The van der Waals surface area contributed by atoms with Crippen molar-refractivity contribution < 1.29 is 12.9 Å². The van der Waals surface area contributed by atoms with Crippen molar-refractivity contribution in [1.82, 2.24) is 19.8 Å². The van der Waals surface area contributed by atoms with Crippen molar-refractivity contribution >= 4 is 10.0 Å². The number of hydrogen-bond donors (Lipinski definition) is 1. The molecule has 1 aliphatic rings. The molecule has 136 valence electrons. The van der Waals surface area contributed by atoms with Crippen molar-refractivity contribution in [2.24, 2.45) is 0 Å². The van der Waals surface area contributed by atoms with Gasteiger partial charge in [-0.05, 0) is 32.5 Å². The van der Waals surface area contributed by atoms with Crippen LogP contribution in [0.25, 0.3) is 0 Å². The van der Waals surface area contributed by atoms with Gasteiger partial charge in [0.05, 0.1) is 10.9 Å². The van der Waals surface area contributed by atoms with Crippen LogP contribution in [-0.4, -0.2) is 43.1 Å². The minimum atomic E-state index is -3.54. The van der Waals surface area contributed by atoms with Gasteiger partial charge in [0.25, 0.3) is 0 Å². The van der Waals surface area contributed by atoms with Crippen LogP contribution in [0.4, 0.5) is 0 Å². The van der Waals surface area contributed by atoms with E-state index in [0.29, 0.717) is 24.7 Å². The molecule has 2 aromatic rings. The zero-order valence-electron chi connectivity index (χ0n) is 14.9. The van der Waals surface area contributed by atoms with Gasteiger partial charge in [0.15, 0.2) is 5.82 Å². The fraction of sp³-hybridized carbons (Fsp3) is 0.529. The van der Waals surface area contributed by atoms with Crippen molar-refractivity contribution in [3.63, 3.8) is 0 Å². The van der Waals surface area contributed by atoms with E-state index in [4.69, 9.17) is 4.52 Å². The molecule has 0 bridgehead atoms. The van der Waals surface area contributed by atoms with Gasteiger partial charge < -0.3 is 4.52 Å². The quantitative estimate of drug-likeness (QED) is 0.875. The summed E-state index contributed by atoms with van der Waals surface area (Å²) in [6.45, 7) is 6.53. The predicted molar refractivity (Wildman–Crippen MR) is 93.7 cm³/mol. The van der Waals surface area contributed by atoms with Gasteiger partial charge in [0, 0.05) is 18.5 Å². The number of hydrogen-bond acceptors (Lipinski definition) is 6. The Kier molecular flexibility index (Phi) is 4.95. The summed E-state index contributed by atoms with van der Waals surface area (Å²) in [4.78, 5) is 6.77. The van der Waals surface area contributed by atoms with Crippen molar-refractivity contribution in [3.05, 3.63) is 41.5 Å². The van der Waals surface area contributed by atoms with Crippen molar-refractivity contribution in [3.8, 4) is 0 Å². The lowest BCUT2D eigenvalue weighted by Crippen LogP contribution is -2.36. The number of likely N-dealkylation sites (N-methyl/N-ethyl adjacent to an activating group) is 1. The highest BCUT2D eigenvalue weighted by molar-refractivity contribution is 7.89. The Hall–Kier alpha value is -1.77. The third-order valence-corrected chi connectivity index (χ3v) is 6.00. The maximum atomic E-state index is 12.6. The minimum Gasteiger partial charge on any atom is -0.338 e. The van der Waals surface area contributed by atoms with Crippen LogP contribution in [-0.2, 0) is 10.0 Å². The van der Waals surface area contributed by atoms with E-state index in [1.807, 2.05) is 32.7 Å². The molecule has 0 aliphatic carbocycles. The van der Waals surface area contributed by atoms with Crippen LogP contribution >= 0.6 is 0 Å². The van der Waals surface area contributed by atoms with Gasteiger partial charge in [0.2, 0.25) is 15.9 Å². The summed E-state index contributed by atoms with van der Waals surface area (Å²) in [7, 11) is -1.61. The number of aromatic nitrogens is 2. The van der Waals surface area contributed by atoms with Gasteiger partial charge in [-0.3, -0.25) is 4.90 Å². The second-order valence-corrected chi connectivity index (χ2v) is 8.68. The molecule has 1 aromatic heterocycles.